The fourth-order valence-corrected chi connectivity index (χ4v) is 8.44. The van der Waals surface area contributed by atoms with Crippen molar-refractivity contribution in [2.75, 3.05) is 53.0 Å². The molecule has 0 aromatic rings. The number of piperazine rings is 1. The first-order valence-corrected chi connectivity index (χ1v) is 25.2. The Morgan fingerprint density at radius 1 is 0.431 bits per heavy atom. The Hall–Kier alpha value is -1.67. The van der Waals surface area contributed by atoms with Crippen molar-refractivity contribution in [2.45, 2.75) is 239 Å². The SMILES string of the molecule is CCCCCC(CCCCC)CCOC(=O)CCCCCCCC(CCCCCC(=O)OCCC(CCCCC)CCCCC)OC(=O)CCCN1CCN(C)CC1. The third-order valence-electron chi connectivity index (χ3n) is 12.5. The molecule has 1 rings (SSSR count). The molecule has 0 amide bonds. The number of hydrogen-bond acceptors (Lipinski definition) is 8. The van der Waals surface area contributed by atoms with Crippen LogP contribution in [-0.2, 0) is 28.6 Å². The van der Waals surface area contributed by atoms with E-state index in [0.29, 0.717) is 44.3 Å². The number of ether oxygens (including phenoxy) is 3. The molecule has 1 aliphatic rings. The normalized spacial score (nSPS) is 14.3. The van der Waals surface area contributed by atoms with Gasteiger partial charge in [-0.1, -0.05) is 156 Å². The Morgan fingerprint density at radius 3 is 1.26 bits per heavy atom. The third-order valence-corrected chi connectivity index (χ3v) is 12.5. The number of nitrogens with zero attached hydrogens (tertiary/aromatic N) is 2. The minimum Gasteiger partial charge on any atom is -0.466 e. The quantitative estimate of drug-likeness (QED) is 0.0342. The molecule has 0 aliphatic carbocycles. The topological polar surface area (TPSA) is 85.4 Å². The van der Waals surface area contributed by atoms with Crippen molar-refractivity contribution in [1.82, 2.24) is 9.80 Å². The summed E-state index contributed by atoms with van der Waals surface area (Å²) in [4.78, 5) is 42.7. The summed E-state index contributed by atoms with van der Waals surface area (Å²) in [5.74, 6) is 1.18. The van der Waals surface area contributed by atoms with Crippen LogP contribution in [0.1, 0.15) is 233 Å². The van der Waals surface area contributed by atoms with Gasteiger partial charge in [-0.15, -0.1) is 0 Å². The Morgan fingerprint density at radius 2 is 0.810 bits per heavy atom. The maximum absolute atomic E-state index is 12.9. The Kier molecular flexibility index (Phi) is 37.0. The van der Waals surface area contributed by atoms with E-state index in [4.69, 9.17) is 14.2 Å². The Balaban J connectivity index is 2.38. The van der Waals surface area contributed by atoms with Gasteiger partial charge in [0, 0.05) is 45.4 Å². The third kappa shape index (κ3) is 33.1. The van der Waals surface area contributed by atoms with Crippen LogP contribution in [0.2, 0.25) is 0 Å². The van der Waals surface area contributed by atoms with E-state index < -0.39 is 0 Å². The Bertz CT molecular complexity index is 934. The smallest absolute Gasteiger partial charge is 0.306 e. The first-order chi connectivity index (χ1) is 28.3. The number of hydrogen-bond donors (Lipinski definition) is 0. The van der Waals surface area contributed by atoms with Crippen LogP contribution in [-0.4, -0.2) is 86.8 Å². The maximum Gasteiger partial charge on any atom is 0.306 e. The second-order valence-corrected chi connectivity index (χ2v) is 18.0. The molecule has 8 heteroatoms. The molecule has 0 saturated carbocycles. The highest BCUT2D eigenvalue weighted by molar-refractivity contribution is 5.70. The standard InChI is InChI=1S/C50H96N2O6/c1-6-10-18-27-45(28-19-11-7-2)36-43-56-48(53)33-24-16-14-15-22-31-47(58-50(55)35-26-38-52-41-39-51(5)40-42-52)32-23-17-25-34-49(54)57-44-37-46(29-20-12-8-3)30-21-13-9-4/h45-47H,6-44H2,1-5H3. The molecule has 0 radical (unpaired) electrons. The number of unbranched alkanes of at least 4 members (excludes halogenated alkanes) is 14. The van der Waals surface area contributed by atoms with E-state index in [2.05, 4.69) is 44.5 Å². The van der Waals surface area contributed by atoms with Crippen LogP contribution in [0.15, 0.2) is 0 Å². The average Bonchev–Trinajstić information content (AvgIpc) is 3.21. The number of carbonyl (C=O) groups excluding carboxylic acids is 3. The molecule has 0 bridgehead atoms. The van der Waals surface area contributed by atoms with Crippen LogP contribution in [0.3, 0.4) is 0 Å². The van der Waals surface area contributed by atoms with E-state index in [0.717, 1.165) is 116 Å². The molecule has 1 aliphatic heterocycles. The van der Waals surface area contributed by atoms with Crippen LogP contribution in [0.25, 0.3) is 0 Å². The van der Waals surface area contributed by atoms with Crippen LogP contribution in [0.5, 0.6) is 0 Å². The average molecular weight is 821 g/mol. The van der Waals surface area contributed by atoms with Gasteiger partial charge in [-0.05, 0) is 83.2 Å². The summed E-state index contributed by atoms with van der Waals surface area (Å²) < 4.78 is 17.4. The van der Waals surface area contributed by atoms with Crippen LogP contribution >= 0.6 is 0 Å². The summed E-state index contributed by atoms with van der Waals surface area (Å²) in [7, 11) is 2.17. The highest BCUT2D eigenvalue weighted by atomic mass is 16.5. The lowest BCUT2D eigenvalue weighted by atomic mass is 9.92. The van der Waals surface area contributed by atoms with Crippen molar-refractivity contribution in [3.8, 4) is 0 Å². The van der Waals surface area contributed by atoms with E-state index in [1.54, 1.807) is 0 Å². The summed E-state index contributed by atoms with van der Waals surface area (Å²) in [6, 6.07) is 0. The summed E-state index contributed by atoms with van der Waals surface area (Å²) >= 11 is 0. The molecule has 1 saturated heterocycles. The molecular formula is C50H96N2O6. The first kappa shape index (κ1) is 54.3. The van der Waals surface area contributed by atoms with Gasteiger partial charge in [-0.2, -0.15) is 0 Å². The number of rotatable bonds is 41. The van der Waals surface area contributed by atoms with Gasteiger partial charge in [0.25, 0.3) is 0 Å². The van der Waals surface area contributed by atoms with E-state index in [9.17, 15) is 14.4 Å². The molecule has 1 fully saturated rings. The predicted octanol–water partition coefficient (Wildman–Crippen LogP) is 13.0. The van der Waals surface area contributed by atoms with Gasteiger partial charge in [0.05, 0.1) is 13.2 Å². The molecule has 8 nitrogen and oxygen atoms in total. The molecule has 1 atom stereocenters. The van der Waals surface area contributed by atoms with Crippen molar-refractivity contribution in [3.63, 3.8) is 0 Å². The second-order valence-electron chi connectivity index (χ2n) is 18.0. The summed E-state index contributed by atoms with van der Waals surface area (Å²) in [5, 5.41) is 0. The molecule has 0 aromatic carbocycles. The highest BCUT2D eigenvalue weighted by Crippen LogP contribution is 2.23. The number of carbonyl (C=O) groups is 3. The molecule has 342 valence electrons. The monoisotopic (exact) mass is 821 g/mol. The van der Waals surface area contributed by atoms with Crippen LogP contribution in [0.4, 0.5) is 0 Å². The summed E-state index contributed by atoms with van der Waals surface area (Å²) in [6.45, 7) is 15.4. The van der Waals surface area contributed by atoms with Crippen molar-refractivity contribution >= 4 is 17.9 Å². The van der Waals surface area contributed by atoms with E-state index in [1.165, 1.54) is 103 Å². The lowest BCUT2D eigenvalue weighted by Crippen LogP contribution is -2.44. The first-order valence-electron chi connectivity index (χ1n) is 25.2. The second kappa shape index (κ2) is 39.5. The molecule has 58 heavy (non-hydrogen) atoms. The van der Waals surface area contributed by atoms with Gasteiger partial charge in [0.2, 0.25) is 0 Å². The predicted molar refractivity (Wildman–Crippen MR) is 243 cm³/mol. The van der Waals surface area contributed by atoms with Gasteiger partial charge in [0.1, 0.15) is 6.10 Å². The molecular weight excluding hydrogens is 725 g/mol. The fraction of sp³-hybridized carbons (Fsp3) is 0.940. The zero-order valence-electron chi connectivity index (χ0n) is 39.2. The van der Waals surface area contributed by atoms with Crippen molar-refractivity contribution in [1.29, 1.82) is 0 Å². The zero-order chi connectivity index (χ0) is 42.3. The van der Waals surface area contributed by atoms with Crippen LogP contribution in [0, 0.1) is 11.8 Å². The summed E-state index contributed by atoms with van der Waals surface area (Å²) in [6.07, 6.45) is 34.1. The summed E-state index contributed by atoms with van der Waals surface area (Å²) in [5.41, 5.74) is 0. The lowest BCUT2D eigenvalue weighted by molar-refractivity contribution is -0.150. The van der Waals surface area contributed by atoms with Gasteiger partial charge in [0.15, 0.2) is 0 Å². The van der Waals surface area contributed by atoms with Crippen molar-refractivity contribution in [2.24, 2.45) is 11.8 Å². The highest BCUT2D eigenvalue weighted by Gasteiger charge is 2.18. The molecule has 0 spiro atoms. The van der Waals surface area contributed by atoms with E-state index >= 15 is 0 Å². The maximum atomic E-state index is 12.9. The van der Waals surface area contributed by atoms with Crippen molar-refractivity contribution < 1.29 is 28.6 Å². The molecule has 1 unspecified atom stereocenters. The number of esters is 3. The van der Waals surface area contributed by atoms with Crippen molar-refractivity contribution in [3.05, 3.63) is 0 Å². The number of likely N-dealkylation sites (N-methyl/N-ethyl adjacent to an activating group) is 1. The zero-order valence-corrected chi connectivity index (χ0v) is 39.2. The minimum absolute atomic E-state index is 0.0435. The van der Waals surface area contributed by atoms with Gasteiger partial charge in [-0.3, -0.25) is 14.4 Å². The van der Waals surface area contributed by atoms with Gasteiger partial charge < -0.3 is 24.0 Å². The molecule has 0 aromatic heterocycles. The minimum atomic E-state index is -0.0721. The van der Waals surface area contributed by atoms with E-state index in [-0.39, 0.29) is 24.0 Å². The van der Waals surface area contributed by atoms with Gasteiger partial charge >= 0.3 is 17.9 Å². The molecule has 1 heterocycles. The Labute approximate surface area is 359 Å². The lowest BCUT2D eigenvalue weighted by Gasteiger charge is -2.32. The molecule has 0 N–H and O–H groups in total. The van der Waals surface area contributed by atoms with E-state index in [1.807, 2.05) is 0 Å². The largest absolute Gasteiger partial charge is 0.466 e. The fourth-order valence-electron chi connectivity index (χ4n) is 8.44. The van der Waals surface area contributed by atoms with Crippen LogP contribution < -0.4 is 0 Å². The van der Waals surface area contributed by atoms with Gasteiger partial charge in [-0.25, -0.2) is 0 Å².